The number of quaternary nitrogens is 1. The lowest BCUT2D eigenvalue weighted by atomic mass is 10.1. The van der Waals surface area contributed by atoms with Gasteiger partial charge in [0.15, 0.2) is 5.84 Å². The van der Waals surface area contributed by atoms with E-state index in [2.05, 4.69) is 20.4 Å². The third kappa shape index (κ3) is 2.91. The Morgan fingerprint density at radius 3 is 2.69 bits per heavy atom. The van der Waals surface area contributed by atoms with Crippen LogP contribution in [0.2, 0.25) is 0 Å². The zero-order valence-electron chi connectivity index (χ0n) is 14.0. The standard InChI is InChI=1S/C19H15N5O2/c1-26-15-9-5-3-7-13(15)17(25)19-21-14-8-4-2-6-12(14)18(23-19)22-16-10-11-20-24-16/h2-11H,1H3,(H2,20,21,22,23,24)/p+1. The van der Waals surface area contributed by atoms with Crippen molar-refractivity contribution in [2.45, 2.75) is 0 Å². The molecule has 0 saturated carbocycles. The molecule has 3 aromatic rings. The number of para-hydroxylation sites is 2. The molecule has 1 aliphatic rings. The Kier molecular flexibility index (Phi) is 4.12. The van der Waals surface area contributed by atoms with Gasteiger partial charge in [-0.15, -0.1) is 0 Å². The van der Waals surface area contributed by atoms with Crippen LogP contribution in [0.4, 0.5) is 5.82 Å². The van der Waals surface area contributed by atoms with Crippen molar-refractivity contribution >= 4 is 28.3 Å². The van der Waals surface area contributed by atoms with Gasteiger partial charge in [0.05, 0.1) is 18.2 Å². The fourth-order valence-corrected chi connectivity index (χ4v) is 2.72. The number of rotatable bonds is 4. The first-order valence-corrected chi connectivity index (χ1v) is 8.05. The highest BCUT2D eigenvalue weighted by Gasteiger charge is 2.20. The van der Waals surface area contributed by atoms with Gasteiger partial charge >= 0.3 is 0 Å². The van der Waals surface area contributed by atoms with E-state index >= 15 is 0 Å². The zero-order chi connectivity index (χ0) is 17.9. The summed E-state index contributed by atoms with van der Waals surface area (Å²) in [6.45, 7) is 0. The highest BCUT2D eigenvalue weighted by molar-refractivity contribution is 6.11. The molecule has 3 N–H and O–H groups in total. The monoisotopic (exact) mass is 346 g/mol. The molecule has 0 aliphatic carbocycles. The van der Waals surface area contributed by atoms with Crippen molar-refractivity contribution in [1.82, 2.24) is 9.97 Å². The minimum atomic E-state index is -0.299. The molecule has 4 rings (SSSR count). The van der Waals surface area contributed by atoms with E-state index in [1.165, 1.54) is 7.11 Å². The molecule has 7 heteroatoms. The Morgan fingerprint density at radius 2 is 1.88 bits per heavy atom. The summed E-state index contributed by atoms with van der Waals surface area (Å²) in [5.41, 5.74) is 2.78. The Morgan fingerprint density at radius 1 is 1.08 bits per heavy atom. The second-order valence-electron chi connectivity index (χ2n) is 5.59. The summed E-state index contributed by atoms with van der Waals surface area (Å²) in [6.07, 6.45) is 3.66. The van der Waals surface area contributed by atoms with Crippen LogP contribution in [0.25, 0.3) is 10.9 Å². The van der Waals surface area contributed by atoms with Gasteiger partial charge in [-0.05, 0) is 24.3 Å². The SMILES string of the molecule is COc1ccccc1C(=O)c1nc(NC2=N[NH2+]C=C2)c2ccccc2n1. The fraction of sp³-hybridized carbons (Fsp3) is 0.0526. The van der Waals surface area contributed by atoms with Gasteiger partial charge in [-0.1, -0.05) is 29.4 Å². The molecule has 2 aromatic carbocycles. The molecule has 1 aromatic heterocycles. The molecule has 0 saturated heterocycles. The van der Waals surface area contributed by atoms with E-state index in [1.54, 1.807) is 23.6 Å². The topological polar surface area (TPSA) is 93.1 Å². The van der Waals surface area contributed by atoms with Crippen LogP contribution in [-0.4, -0.2) is 28.7 Å². The van der Waals surface area contributed by atoms with Gasteiger partial charge in [0.2, 0.25) is 11.6 Å². The molecule has 7 nitrogen and oxygen atoms in total. The minimum Gasteiger partial charge on any atom is -0.496 e. The number of ether oxygens (including phenoxy) is 1. The van der Waals surface area contributed by atoms with Crippen LogP contribution in [0.3, 0.4) is 0 Å². The first-order valence-electron chi connectivity index (χ1n) is 8.05. The van der Waals surface area contributed by atoms with Gasteiger partial charge in [0.1, 0.15) is 17.8 Å². The number of benzene rings is 2. The Hall–Kier alpha value is -3.58. The van der Waals surface area contributed by atoms with Crippen molar-refractivity contribution in [3.8, 4) is 5.75 Å². The van der Waals surface area contributed by atoms with Crippen LogP contribution in [0.5, 0.6) is 5.75 Å². The Balaban J connectivity index is 1.82. The fourth-order valence-electron chi connectivity index (χ4n) is 2.72. The molecular formula is C19H16N5O2+. The van der Waals surface area contributed by atoms with Crippen LogP contribution in [0.15, 0.2) is 65.9 Å². The molecular weight excluding hydrogens is 330 g/mol. The number of carbonyl (C=O) groups excluding carboxylic acids is 1. The molecule has 0 amide bonds. The average Bonchev–Trinajstić information content (AvgIpc) is 3.20. The van der Waals surface area contributed by atoms with Crippen LogP contribution < -0.4 is 15.5 Å². The van der Waals surface area contributed by atoms with E-state index in [0.717, 1.165) is 5.39 Å². The Bertz CT molecular complexity index is 1060. The van der Waals surface area contributed by atoms with Crippen molar-refractivity contribution in [2.24, 2.45) is 5.10 Å². The first-order chi connectivity index (χ1) is 12.8. The highest BCUT2D eigenvalue weighted by Crippen LogP contribution is 2.24. The lowest BCUT2D eigenvalue weighted by Crippen LogP contribution is -2.69. The van der Waals surface area contributed by atoms with E-state index in [1.807, 2.05) is 42.6 Å². The maximum Gasteiger partial charge on any atom is 0.234 e. The predicted octanol–water partition coefficient (Wildman–Crippen LogP) is 1.69. The number of ketones is 1. The zero-order valence-corrected chi connectivity index (χ0v) is 14.0. The summed E-state index contributed by atoms with van der Waals surface area (Å²) in [4.78, 5) is 21.9. The van der Waals surface area contributed by atoms with Crippen molar-refractivity contribution in [1.29, 1.82) is 0 Å². The average molecular weight is 346 g/mol. The van der Waals surface area contributed by atoms with E-state index < -0.39 is 0 Å². The van der Waals surface area contributed by atoms with Crippen LogP contribution in [0, 0.1) is 0 Å². The van der Waals surface area contributed by atoms with Crippen molar-refractivity contribution in [3.63, 3.8) is 0 Å². The number of amidine groups is 1. The van der Waals surface area contributed by atoms with Gasteiger partial charge in [-0.25, -0.2) is 9.97 Å². The van der Waals surface area contributed by atoms with E-state index in [-0.39, 0.29) is 11.6 Å². The van der Waals surface area contributed by atoms with Crippen LogP contribution in [-0.2, 0) is 0 Å². The largest absolute Gasteiger partial charge is 0.496 e. The second kappa shape index (κ2) is 6.73. The summed E-state index contributed by atoms with van der Waals surface area (Å²) in [7, 11) is 1.53. The smallest absolute Gasteiger partial charge is 0.234 e. The quantitative estimate of drug-likeness (QED) is 0.554. The van der Waals surface area contributed by atoms with Crippen molar-refractivity contribution in [3.05, 3.63) is 72.2 Å². The summed E-state index contributed by atoms with van der Waals surface area (Å²) in [5.74, 6) is 1.48. The summed E-state index contributed by atoms with van der Waals surface area (Å²) >= 11 is 0. The molecule has 0 spiro atoms. The molecule has 1 aliphatic heterocycles. The van der Waals surface area contributed by atoms with Gasteiger partial charge in [0.25, 0.3) is 0 Å². The molecule has 128 valence electrons. The van der Waals surface area contributed by atoms with Crippen molar-refractivity contribution in [2.75, 3.05) is 12.4 Å². The number of hydrogen-bond acceptors (Lipinski definition) is 6. The summed E-state index contributed by atoms with van der Waals surface area (Å²) < 4.78 is 5.29. The van der Waals surface area contributed by atoms with Crippen LogP contribution >= 0.6 is 0 Å². The number of nitrogens with one attached hydrogen (secondary N) is 1. The maximum atomic E-state index is 13.0. The third-order valence-corrected chi connectivity index (χ3v) is 3.96. The minimum absolute atomic E-state index is 0.0993. The Labute approximate surface area is 149 Å². The number of anilines is 1. The number of carbonyl (C=O) groups is 1. The molecule has 0 atom stereocenters. The maximum absolute atomic E-state index is 13.0. The number of nitrogens with zero attached hydrogens (tertiary/aromatic N) is 3. The summed E-state index contributed by atoms with van der Waals surface area (Å²) in [6, 6.07) is 14.5. The van der Waals surface area contributed by atoms with E-state index in [0.29, 0.717) is 28.5 Å². The van der Waals surface area contributed by atoms with Gasteiger partial charge in [-0.3, -0.25) is 4.79 Å². The van der Waals surface area contributed by atoms with Gasteiger partial charge in [-0.2, -0.15) is 5.43 Å². The second-order valence-corrected chi connectivity index (χ2v) is 5.59. The molecule has 0 radical (unpaired) electrons. The number of nitrogens with two attached hydrogens (primary N) is 1. The lowest BCUT2D eigenvalue weighted by Gasteiger charge is -2.10. The highest BCUT2D eigenvalue weighted by atomic mass is 16.5. The van der Waals surface area contributed by atoms with Gasteiger partial charge < -0.3 is 10.1 Å². The summed E-state index contributed by atoms with van der Waals surface area (Å²) in [5, 5.41) is 8.17. The lowest BCUT2D eigenvalue weighted by molar-refractivity contribution is -0.590. The van der Waals surface area contributed by atoms with Crippen molar-refractivity contribution < 1.29 is 15.0 Å². The normalized spacial score (nSPS) is 12.9. The first kappa shape index (κ1) is 15.9. The molecule has 0 unspecified atom stereocenters. The molecule has 26 heavy (non-hydrogen) atoms. The number of hydrogen-bond donors (Lipinski definition) is 2. The third-order valence-electron chi connectivity index (χ3n) is 3.96. The number of fused-ring (bicyclic) bond motifs is 1. The predicted molar refractivity (Wildman–Crippen MR) is 98.1 cm³/mol. The number of methoxy groups -OCH3 is 1. The number of aromatic nitrogens is 2. The van der Waals surface area contributed by atoms with E-state index in [9.17, 15) is 4.79 Å². The molecule has 0 bridgehead atoms. The molecule has 2 heterocycles. The molecule has 0 fully saturated rings. The van der Waals surface area contributed by atoms with E-state index in [4.69, 9.17) is 4.74 Å². The van der Waals surface area contributed by atoms with Crippen LogP contribution in [0.1, 0.15) is 16.2 Å². The van der Waals surface area contributed by atoms with Gasteiger partial charge in [0, 0.05) is 11.5 Å².